The highest BCUT2D eigenvalue weighted by Gasteiger charge is 2.24. The summed E-state index contributed by atoms with van der Waals surface area (Å²) in [5.74, 6) is -1.48. The first-order valence-corrected chi connectivity index (χ1v) is 15.7. The lowest BCUT2D eigenvalue weighted by Gasteiger charge is -2.25. The number of halogens is 2. The van der Waals surface area contributed by atoms with E-state index in [1.807, 2.05) is 42.5 Å². The average molecular weight is 663 g/mol. The van der Waals surface area contributed by atoms with E-state index in [1.54, 1.807) is 38.5 Å². The van der Waals surface area contributed by atoms with E-state index in [4.69, 9.17) is 13.9 Å². The van der Waals surface area contributed by atoms with E-state index in [2.05, 4.69) is 20.5 Å². The maximum absolute atomic E-state index is 14.3. The summed E-state index contributed by atoms with van der Waals surface area (Å²) >= 11 is 0. The van der Waals surface area contributed by atoms with Gasteiger partial charge in [0.05, 0.1) is 43.1 Å². The van der Waals surface area contributed by atoms with Crippen molar-refractivity contribution in [2.45, 2.75) is 19.4 Å². The fourth-order valence-electron chi connectivity index (χ4n) is 6.14. The topological polar surface area (TPSA) is 106 Å². The van der Waals surface area contributed by atoms with Crippen molar-refractivity contribution in [1.29, 1.82) is 0 Å². The number of nitrogens with one attached hydrogen (secondary N) is 2. The van der Waals surface area contributed by atoms with E-state index in [0.717, 1.165) is 65.7 Å². The van der Waals surface area contributed by atoms with Gasteiger partial charge >= 0.3 is 0 Å². The smallest absolute Gasteiger partial charge is 0.257 e. The molecule has 49 heavy (non-hydrogen) atoms. The van der Waals surface area contributed by atoms with Gasteiger partial charge in [-0.25, -0.2) is 8.78 Å². The van der Waals surface area contributed by atoms with Crippen LogP contribution >= 0.6 is 0 Å². The third-order valence-corrected chi connectivity index (χ3v) is 8.76. The highest BCUT2D eigenvalue weighted by atomic mass is 19.2. The number of carbonyl (C=O) groups is 2. The zero-order chi connectivity index (χ0) is 34.1. The van der Waals surface area contributed by atoms with Crippen LogP contribution in [0.5, 0.6) is 11.5 Å². The highest BCUT2D eigenvalue weighted by molar-refractivity contribution is 6.13. The standard InChI is InChI=1S/C38H32F2N4O5/c1-47-34-17-27-26-12-14-44(21-36(26)49-33(27)19-35(34)48-2)13-11-22-7-9-25(10-8-22)42-38(46)28-16-29(39)30(40)18-32(28)43-37(45)24-15-23-5-3-4-6-31(23)41-20-24/h3-10,15-20H,11-14,21H2,1-2H3,(H,42,46)(H,43,45). The first-order chi connectivity index (χ1) is 23.8. The molecule has 2 N–H and O–H groups in total. The van der Waals surface area contributed by atoms with Gasteiger partial charge in [0, 0.05) is 53.4 Å². The number of aromatic nitrogens is 1. The van der Waals surface area contributed by atoms with Gasteiger partial charge in [-0.1, -0.05) is 30.3 Å². The Bertz CT molecular complexity index is 2220. The molecule has 0 spiro atoms. The van der Waals surface area contributed by atoms with Crippen molar-refractivity contribution in [2.24, 2.45) is 0 Å². The number of methoxy groups -OCH3 is 2. The second-order valence-corrected chi connectivity index (χ2v) is 11.8. The Balaban J connectivity index is 0.991. The normalized spacial score (nSPS) is 12.9. The van der Waals surface area contributed by atoms with Gasteiger partial charge < -0.3 is 24.5 Å². The maximum atomic E-state index is 14.3. The summed E-state index contributed by atoms with van der Waals surface area (Å²) < 4.78 is 45.6. The molecule has 11 heteroatoms. The zero-order valence-corrected chi connectivity index (χ0v) is 26.8. The van der Waals surface area contributed by atoms with Crippen molar-refractivity contribution in [1.82, 2.24) is 9.88 Å². The number of furan rings is 1. The van der Waals surface area contributed by atoms with Crippen molar-refractivity contribution < 1.29 is 32.3 Å². The minimum atomic E-state index is -1.21. The highest BCUT2D eigenvalue weighted by Crippen LogP contribution is 2.38. The van der Waals surface area contributed by atoms with Gasteiger partial charge in [0.1, 0.15) is 11.3 Å². The maximum Gasteiger partial charge on any atom is 0.257 e. The molecule has 0 fully saturated rings. The van der Waals surface area contributed by atoms with E-state index in [9.17, 15) is 18.4 Å². The summed E-state index contributed by atoms with van der Waals surface area (Å²) in [6.45, 7) is 2.38. The number of amides is 2. The number of benzene rings is 4. The molecule has 3 heterocycles. The van der Waals surface area contributed by atoms with E-state index in [0.29, 0.717) is 29.2 Å². The van der Waals surface area contributed by atoms with Gasteiger partial charge in [0.2, 0.25) is 0 Å². The van der Waals surface area contributed by atoms with Gasteiger partial charge in [-0.15, -0.1) is 0 Å². The molecule has 1 aliphatic heterocycles. The van der Waals surface area contributed by atoms with Crippen LogP contribution in [0.2, 0.25) is 0 Å². The molecule has 0 unspecified atom stereocenters. The Hall–Kier alpha value is -5.81. The summed E-state index contributed by atoms with van der Waals surface area (Å²) in [5, 5.41) is 7.04. The number of ether oxygens (including phenoxy) is 2. The molecular formula is C38H32F2N4O5. The summed E-state index contributed by atoms with van der Waals surface area (Å²) in [7, 11) is 3.22. The average Bonchev–Trinajstić information content (AvgIpc) is 3.48. The molecule has 0 saturated carbocycles. The number of nitrogens with zero attached hydrogens (tertiary/aromatic N) is 2. The van der Waals surface area contributed by atoms with Crippen LogP contribution in [0, 0.1) is 11.6 Å². The molecule has 9 nitrogen and oxygen atoms in total. The summed E-state index contributed by atoms with van der Waals surface area (Å²) in [6, 6.07) is 21.6. The number of hydrogen-bond acceptors (Lipinski definition) is 7. The molecule has 0 saturated heterocycles. The summed E-state index contributed by atoms with van der Waals surface area (Å²) in [5.41, 5.74) is 4.01. The molecule has 6 aromatic rings. The number of hydrogen-bond donors (Lipinski definition) is 2. The fraction of sp³-hybridized carbons (Fsp3) is 0.184. The Morgan fingerprint density at radius 3 is 2.45 bits per heavy atom. The number of carbonyl (C=O) groups excluding carboxylic acids is 2. The van der Waals surface area contributed by atoms with Crippen LogP contribution in [0.25, 0.3) is 21.9 Å². The van der Waals surface area contributed by atoms with Gasteiger partial charge in [-0.05, 0) is 54.8 Å². The van der Waals surface area contributed by atoms with Crippen molar-refractivity contribution in [3.8, 4) is 11.5 Å². The third-order valence-electron chi connectivity index (χ3n) is 8.76. The number of anilines is 2. The predicted molar refractivity (Wildman–Crippen MR) is 182 cm³/mol. The lowest BCUT2D eigenvalue weighted by molar-refractivity contribution is 0.102. The summed E-state index contributed by atoms with van der Waals surface area (Å²) in [6.07, 6.45) is 3.01. The third kappa shape index (κ3) is 6.53. The van der Waals surface area contributed by atoms with Crippen molar-refractivity contribution in [3.63, 3.8) is 0 Å². The van der Waals surface area contributed by atoms with Gasteiger partial charge in [-0.3, -0.25) is 19.5 Å². The minimum absolute atomic E-state index is 0.168. The van der Waals surface area contributed by atoms with Gasteiger partial charge in [0.25, 0.3) is 11.8 Å². The Morgan fingerprint density at radius 1 is 0.898 bits per heavy atom. The Kier molecular flexibility index (Phi) is 8.66. The molecular weight excluding hydrogens is 630 g/mol. The van der Waals surface area contributed by atoms with Crippen LogP contribution in [0.15, 0.2) is 89.5 Å². The van der Waals surface area contributed by atoms with Gasteiger partial charge in [-0.2, -0.15) is 0 Å². The molecule has 1 aliphatic rings. The largest absolute Gasteiger partial charge is 0.493 e. The molecule has 0 aliphatic carbocycles. The fourth-order valence-corrected chi connectivity index (χ4v) is 6.14. The lowest BCUT2D eigenvalue weighted by atomic mass is 10.0. The number of fused-ring (bicyclic) bond motifs is 4. The molecule has 2 amide bonds. The zero-order valence-electron chi connectivity index (χ0n) is 26.8. The van der Waals surface area contributed by atoms with Crippen LogP contribution in [0.3, 0.4) is 0 Å². The van der Waals surface area contributed by atoms with Crippen LogP contribution < -0.4 is 20.1 Å². The second kappa shape index (κ2) is 13.4. The van der Waals surface area contributed by atoms with Crippen molar-refractivity contribution >= 4 is 45.1 Å². The van der Waals surface area contributed by atoms with E-state index in [-0.39, 0.29) is 16.8 Å². The number of pyridine rings is 1. The lowest BCUT2D eigenvalue weighted by Crippen LogP contribution is -2.31. The van der Waals surface area contributed by atoms with Crippen molar-refractivity contribution in [3.05, 3.63) is 125 Å². The SMILES string of the molecule is COc1cc2oc3c(c2cc1OC)CCN(CCc1ccc(NC(=O)c2cc(F)c(F)cc2NC(=O)c2cnc4ccccc4c2)cc1)C3. The number of rotatable bonds is 9. The number of para-hydroxylation sites is 1. The van der Waals surface area contributed by atoms with E-state index in [1.165, 1.54) is 11.8 Å². The summed E-state index contributed by atoms with van der Waals surface area (Å²) in [4.78, 5) is 32.9. The Morgan fingerprint density at radius 2 is 1.65 bits per heavy atom. The molecule has 0 bridgehead atoms. The Labute approximate surface area is 280 Å². The molecule has 7 rings (SSSR count). The van der Waals surface area contributed by atoms with Crippen LogP contribution in [0.4, 0.5) is 20.2 Å². The molecule has 248 valence electrons. The van der Waals surface area contributed by atoms with Crippen LogP contribution in [0.1, 0.15) is 37.6 Å². The molecule has 0 radical (unpaired) electrons. The molecule has 2 aromatic heterocycles. The van der Waals surface area contributed by atoms with Gasteiger partial charge in [0.15, 0.2) is 23.1 Å². The van der Waals surface area contributed by atoms with Crippen LogP contribution in [-0.2, 0) is 19.4 Å². The second-order valence-electron chi connectivity index (χ2n) is 11.8. The van der Waals surface area contributed by atoms with E-state index >= 15 is 0 Å². The molecule has 0 atom stereocenters. The first-order valence-electron chi connectivity index (χ1n) is 15.7. The minimum Gasteiger partial charge on any atom is -0.493 e. The van der Waals surface area contributed by atoms with Crippen molar-refractivity contribution in [2.75, 3.05) is 37.9 Å². The molecule has 4 aromatic carbocycles. The van der Waals surface area contributed by atoms with E-state index < -0.39 is 23.4 Å². The first kappa shape index (κ1) is 31.8. The van der Waals surface area contributed by atoms with Crippen LogP contribution in [-0.4, -0.2) is 49.0 Å². The quantitative estimate of drug-likeness (QED) is 0.166. The predicted octanol–water partition coefficient (Wildman–Crippen LogP) is 7.38. The monoisotopic (exact) mass is 662 g/mol.